The van der Waals surface area contributed by atoms with Gasteiger partial charge in [-0.1, -0.05) is 50.5 Å². The molecule has 0 aromatic heterocycles. The summed E-state index contributed by atoms with van der Waals surface area (Å²) in [5.74, 6) is 2.85. The number of ether oxygens (including phenoxy) is 3. The second-order valence-corrected chi connectivity index (χ2v) is 15.8. The maximum atomic E-state index is 12.8. The summed E-state index contributed by atoms with van der Waals surface area (Å²) in [5.41, 5.74) is -10.2. The van der Waals surface area contributed by atoms with Gasteiger partial charge in [0.05, 0.1) is 10.8 Å². The van der Waals surface area contributed by atoms with Gasteiger partial charge in [-0.2, -0.15) is 26.3 Å². The number of fused-ring (bicyclic) bond motifs is 9. The highest BCUT2D eigenvalue weighted by atomic mass is 19.4. The van der Waals surface area contributed by atoms with Gasteiger partial charge in [-0.25, -0.2) is 4.79 Å². The van der Waals surface area contributed by atoms with Crippen LogP contribution in [0, 0.1) is 46.3 Å². The minimum Gasteiger partial charge on any atom is -0.458 e. The van der Waals surface area contributed by atoms with Gasteiger partial charge in [0.1, 0.15) is 5.60 Å². The molecule has 0 amide bonds. The van der Waals surface area contributed by atoms with Gasteiger partial charge in [0, 0.05) is 5.92 Å². The molecule has 4 rings (SSSR count). The van der Waals surface area contributed by atoms with Crippen molar-refractivity contribution in [2.75, 3.05) is 6.61 Å². The predicted octanol–water partition coefficient (Wildman–Crippen LogP) is 10.5. The van der Waals surface area contributed by atoms with Crippen molar-refractivity contribution in [3.05, 3.63) is 0 Å². The third-order valence-corrected chi connectivity index (χ3v) is 12.0. The number of carbonyl (C=O) groups is 3. The fourth-order valence-electron chi connectivity index (χ4n) is 8.46. The van der Waals surface area contributed by atoms with E-state index in [9.17, 15) is 45.8 Å². The average Bonchev–Trinajstić information content (AvgIpc) is 3.74. The average molecular weight is 751 g/mol. The van der Waals surface area contributed by atoms with Crippen LogP contribution < -0.4 is 0 Å². The van der Waals surface area contributed by atoms with Crippen LogP contribution in [-0.2, 0) is 28.6 Å². The molecule has 7 atom stereocenters. The first kappa shape index (κ1) is 51.1. The van der Waals surface area contributed by atoms with Crippen molar-refractivity contribution in [3.8, 4) is 0 Å². The van der Waals surface area contributed by atoms with E-state index in [-0.39, 0.29) is 60.5 Å². The lowest BCUT2D eigenvalue weighted by Gasteiger charge is -2.46. The van der Waals surface area contributed by atoms with Crippen LogP contribution in [-0.4, -0.2) is 58.8 Å². The molecule has 13 heteroatoms. The van der Waals surface area contributed by atoms with E-state index in [4.69, 9.17) is 4.74 Å². The Labute approximate surface area is 303 Å². The SMILES string of the molecule is C.C.C.C.CCC(C)(C)C(=O)OC1(CC)CC2CC1C1C3CCC(C3)C21.CCC(C)(C)C(=O)OCC(=O)OC(C)(C)C(O)(C(F)(F)F)C(F)(F)F. The smallest absolute Gasteiger partial charge is 0.430 e. The monoisotopic (exact) mass is 750 g/mol. The molecule has 0 saturated heterocycles. The third-order valence-electron chi connectivity index (χ3n) is 12.0. The molecule has 4 aliphatic carbocycles. The molecule has 0 aromatic rings. The second kappa shape index (κ2) is 17.0. The lowest BCUT2D eigenvalue weighted by atomic mass is 9.65. The standard InChI is InChI=1S/C20H32O2.C14H20F6O5.4CH4/c1-5-19(3,4)18(21)22-20(6-2)11-14-10-15(20)17-13-8-7-12(9-13)16(14)17;1-6-10(2,3)9(22)24-7-8(21)25-11(4,5)12(23,13(15,16)17)14(18,19)20;;;;/h12-17H,5-11H2,1-4H3;23H,6-7H2,1-5H3;4*1H4. The van der Waals surface area contributed by atoms with E-state index in [1.54, 1.807) is 6.92 Å². The van der Waals surface area contributed by atoms with Crippen molar-refractivity contribution in [2.45, 2.75) is 173 Å². The molecule has 51 heavy (non-hydrogen) atoms. The number of hydrogen-bond donors (Lipinski definition) is 1. The Morgan fingerprint density at radius 1 is 0.706 bits per heavy atom. The summed E-state index contributed by atoms with van der Waals surface area (Å²) in [6.07, 6.45) is -3.24. The van der Waals surface area contributed by atoms with Gasteiger partial charge in [0.25, 0.3) is 5.60 Å². The van der Waals surface area contributed by atoms with Crippen LogP contribution in [0.4, 0.5) is 26.3 Å². The normalized spacial score (nSPS) is 28.0. The summed E-state index contributed by atoms with van der Waals surface area (Å²) < 4.78 is 91.9. The van der Waals surface area contributed by atoms with Crippen LogP contribution >= 0.6 is 0 Å². The van der Waals surface area contributed by atoms with Gasteiger partial charge in [0.15, 0.2) is 12.2 Å². The third kappa shape index (κ3) is 9.19. The van der Waals surface area contributed by atoms with Gasteiger partial charge < -0.3 is 19.3 Å². The molecule has 0 spiro atoms. The Balaban J connectivity index is 0. The fourth-order valence-corrected chi connectivity index (χ4v) is 8.46. The molecule has 7 unspecified atom stereocenters. The number of esters is 3. The Morgan fingerprint density at radius 3 is 1.59 bits per heavy atom. The van der Waals surface area contributed by atoms with Gasteiger partial charge in [0.2, 0.25) is 0 Å². The van der Waals surface area contributed by atoms with Crippen LogP contribution in [0.1, 0.15) is 143 Å². The maximum Gasteiger partial charge on any atom is 0.430 e. The first-order valence-electron chi connectivity index (χ1n) is 16.7. The Hall–Kier alpha value is -2.05. The molecule has 0 radical (unpaired) electrons. The van der Waals surface area contributed by atoms with Crippen molar-refractivity contribution >= 4 is 17.9 Å². The van der Waals surface area contributed by atoms with Crippen molar-refractivity contribution in [1.82, 2.24) is 0 Å². The summed E-state index contributed by atoms with van der Waals surface area (Å²) >= 11 is 0. The number of alkyl halides is 6. The van der Waals surface area contributed by atoms with Crippen LogP contribution in [0.3, 0.4) is 0 Å². The zero-order valence-corrected chi connectivity index (χ0v) is 29.0. The van der Waals surface area contributed by atoms with Crippen LogP contribution in [0.5, 0.6) is 0 Å². The van der Waals surface area contributed by atoms with E-state index in [1.165, 1.54) is 39.5 Å². The van der Waals surface area contributed by atoms with E-state index in [2.05, 4.69) is 23.3 Å². The van der Waals surface area contributed by atoms with Gasteiger partial charge in [-0.05, 0) is 122 Å². The number of carbonyl (C=O) groups excluding carboxylic acids is 3. The lowest BCUT2D eigenvalue weighted by molar-refractivity contribution is -0.407. The Morgan fingerprint density at radius 2 is 1.16 bits per heavy atom. The predicted molar refractivity (Wildman–Crippen MR) is 186 cm³/mol. The Kier molecular flexibility index (Phi) is 17.0. The minimum atomic E-state index is -6.17. The molecular formula is C38H68F6O7. The van der Waals surface area contributed by atoms with Crippen molar-refractivity contribution < 1.29 is 60.0 Å². The van der Waals surface area contributed by atoms with E-state index < -0.39 is 47.5 Å². The van der Waals surface area contributed by atoms with E-state index in [0.29, 0.717) is 12.3 Å². The first-order valence-corrected chi connectivity index (χ1v) is 16.7. The fraction of sp³-hybridized carbons (Fsp3) is 0.921. The van der Waals surface area contributed by atoms with Gasteiger partial charge in [-0.3, -0.25) is 9.59 Å². The summed E-state index contributed by atoms with van der Waals surface area (Å²) in [6.45, 7) is 12.3. The van der Waals surface area contributed by atoms with Crippen LogP contribution in [0.15, 0.2) is 0 Å². The zero-order chi connectivity index (χ0) is 36.2. The number of hydrogen-bond acceptors (Lipinski definition) is 7. The topological polar surface area (TPSA) is 99.1 Å². The molecule has 7 nitrogen and oxygen atoms in total. The molecular weight excluding hydrogens is 682 g/mol. The molecule has 4 saturated carbocycles. The number of halogens is 6. The minimum absolute atomic E-state index is 0. The van der Waals surface area contributed by atoms with Crippen molar-refractivity contribution in [2.24, 2.45) is 46.3 Å². The summed E-state index contributed by atoms with van der Waals surface area (Å²) in [4.78, 5) is 35.9. The summed E-state index contributed by atoms with van der Waals surface area (Å²) in [5, 5.41) is 9.27. The quantitative estimate of drug-likeness (QED) is 0.103. The highest BCUT2D eigenvalue weighted by Crippen LogP contribution is 2.71. The number of rotatable bonds is 10. The van der Waals surface area contributed by atoms with Gasteiger partial charge >= 0.3 is 30.3 Å². The zero-order valence-electron chi connectivity index (χ0n) is 29.0. The van der Waals surface area contributed by atoms with E-state index >= 15 is 0 Å². The summed E-state index contributed by atoms with van der Waals surface area (Å²) in [6, 6.07) is 0. The van der Waals surface area contributed by atoms with E-state index in [0.717, 1.165) is 48.9 Å². The van der Waals surface area contributed by atoms with Crippen molar-refractivity contribution in [1.29, 1.82) is 0 Å². The molecule has 304 valence electrons. The number of aliphatic hydroxyl groups is 1. The molecule has 4 fully saturated rings. The van der Waals surface area contributed by atoms with Crippen LogP contribution in [0.2, 0.25) is 0 Å². The molecule has 0 aromatic carbocycles. The molecule has 0 heterocycles. The van der Waals surface area contributed by atoms with Gasteiger partial charge in [-0.15, -0.1) is 0 Å². The highest BCUT2D eigenvalue weighted by Gasteiger charge is 2.78. The molecule has 0 aliphatic heterocycles. The molecule has 1 N–H and O–H groups in total. The lowest BCUT2D eigenvalue weighted by Crippen LogP contribution is -2.70. The first-order chi connectivity index (χ1) is 21.2. The Bertz CT molecular complexity index is 1160. The maximum absolute atomic E-state index is 12.8. The summed E-state index contributed by atoms with van der Waals surface area (Å²) in [7, 11) is 0. The van der Waals surface area contributed by atoms with E-state index in [1.807, 2.05) is 13.8 Å². The highest BCUT2D eigenvalue weighted by molar-refractivity contribution is 5.80. The van der Waals surface area contributed by atoms with Crippen LogP contribution in [0.25, 0.3) is 0 Å². The molecule has 4 bridgehead atoms. The van der Waals surface area contributed by atoms with Crippen molar-refractivity contribution in [3.63, 3.8) is 0 Å². The largest absolute Gasteiger partial charge is 0.458 e. The molecule has 4 aliphatic rings. The second-order valence-electron chi connectivity index (χ2n) is 15.8.